The summed E-state index contributed by atoms with van der Waals surface area (Å²) in [6.07, 6.45) is 0. The number of methoxy groups -OCH3 is 1. The maximum atomic E-state index is 13.5. The van der Waals surface area contributed by atoms with Gasteiger partial charge < -0.3 is 4.74 Å². The van der Waals surface area contributed by atoms with Crippen LogP contribution in [-0.2, 0) is 10.0 Å². The number of fused-ring (bicyclic) bond motifs is 1. The number of anilines is 1. The number of halogens is 2. The number of hydrogen-bond donors (Lipinski definition) is 1. The number of aromatic nitrogens is 2. The number of sulfonamides is 1. The van der Waals surface area contributed by atoms with Crippen LogP contribution in [0.1, 0.15) is 24.2 Å². The van der Waals surface area contributed by atoms with Crippen molar-refractivity contribution in [2.45, 2.75) is 25.1 Å². The smallest absolute Gasteiger partial charge is 0.243 e. The van der Waals surface area contributed by atoms with Gasteiger partial charge in [-0.3, -0.25) is 4.72 Å². The summed E-state index contributed by atoms with van der Waals surface area (Å²) in [4.78, 5) is 4.52. The lowest BCUT2D eigenvalue weighted by atomic mass is 9.99. The first-order valence-corrected chi connectivity index (χ1v) is 11.7. The predicted molar refractivity (Wildman–Crippen MR) is 124 cm³/mol. The second-order valence-electron chi connectivity index (χ2n) is 7.26. The van der Waals surface area contributed by atoms with Gasteiger partial charge in [0.25, 0.3) is 0 Å². The fourth-order valence-electron chi connectivity index (χ4n) is 3.69. The molecule has 0 saturated carbocycles. The summed E-state index contributed by atoms with van der Waals surface area (Å²) in [5.74, 6) is 1.21. The second-order valence-corrected chi connectivity index (χ2v) is 9.87. The molecule has 10 heteroatoms. The van der Waals surface area contributed by atoms with Crippen molar-refractivity contribution in [1.29, 1.82) is 0 Å². The summed E-state index contributed by atoms with van der Waals surface area (Å²) in [5, 5.41) is 4.22. The van der Waals surface area contributed by atoms with E-state index in [-0.39, 0.29) is 0 Å². The van der Waals surface area contributed by atoms with Gasteiger partial charge in [0.2, 0.25) is 10.0 Å². The number of ether oxygens (including phenoxy) is 1. The maximum Gasteiger partial charge on any atom is 0.243 e. The summed E-state index contributed by atoms with van der Waals surface area (Å²) in [5.41, 5.74) is 2.27. The van der Waals surface area contributed by atoms with E-state index in [1.807, 2.05) is 13.0 Å². The van der Waals surface area contributed by atoms with E-state index in [2.05, 4.69) is 14.8 Å². The van der Waals surface area contributed by atoms with Crippen LogP contribution in [0.4, 0.5) is 11.5 Å². The van der Waals surface area contributed by atoms with E-state index in [1.54, 1.807) is 61.2 Å². The van der Waals surface area contributed by atoms with E-state index in [9.17, 15) is 8.42 Å². The molecular formula is C21H20Cl2N4O3S. The Bertz CT molecular complexity index is 1270. The van der Waals surface area contributed by atoms with Crippen molar-refractivity contribution in [1.82, 2.24) is 9.78 Å². The van der Waals surface area contributed by atoms with Crippen LogP contribution >= 0.6 is 23.2 Å². The minimum Gasteiger partial charge on any atom is -0.497 e. The van der Waals surface area contributed by atoms with Gasteiger partial charge in [-0.05, 0) is 55.8 Å². The molecule has 2 unspecified atom stereocenters. The minimum atomic E-state index is -3.92. The van der Waals surface area contributed by atoms with Gasteiger partial charge in [0.15, 0.2) is 5.82 Å². The summed E-state index contributed by atoms with van der Waals surface area (Å²) in [7, 11) is -2.37. The highest BCUT2D eigenvalue weighted by Crippen LogP contribution is 2.38. The molecule has 162 valence electrons. The van der Waals surface area contributed by atoms with Crippen LogP contribution < -0.4 is 9.46 Å². The Morgan fingerprint density at radius 2 is 1.74 bits per heavy atom. The number of nitrogens with zero attached hydrogens (tertiary/aromatic N) is 3. The summed E-state index contributed by atoms with van der Waals surface area (Å²) >= 11 is 12.3. The van der Waals surface area contributed by atoms with E-state index in [1.165, 1.54) is 0 Å². The molecule has 0 fully saturated rings. The van der Waals surface area contributed by atoms with Crippen molar-refractivity contribution in [3.63, 3.8) is 0 Å². The van der Waals surface area contributed by atoms with Crippen LogP contribution in [0.5, 0.6) is 5.75 Å². The Morgan fingerprint density at radius 3 is 2.39 bits per heavy atom. The third-order valence-corrected chi connectivity index (χ3v) is 7.59. The molecule has 0 saturated heterocycles. The molecule has 2 heterocycles. The van der Waals surface area contributed by atoms with Crippen LogP contribution in [0.2, 0.25) is 10.0 Å². The van der Waals surface area contributed by atoms with E-state index < -0.39 is 21.3 Å². The Hall–Kier alpha value is -2.55. The number of hydrogen-bond acceptors (Lipinski definition) is 5. The number of nitrogens with one attached hydrogen (secondary N) is 1. The van der Waals surface area contributed by atoms with Gasteiger partial charge in [-0.15, -0.1) is 0 Å². The van der Waals surface area contributed by atoms with Crippen LogP contribution in [-0.4, -0.2) is 36.3 Å². The van der Waals surface area contributed by atoms with Crippen molar-refractivity contribution < 1.29 is 13.2 Å². The highest BCUT2D eigenvalue weighted by molar-refractivity contribution is 7.94. The number of aliphatic imine (C=N–C) groups is 1. The molecule has 0 bridgehead atoms. The molecule has 0 radical (unpaired) electrons. The average molecular weight is 479 g/mol. The lowest BCUT2D eigenvalue weighted by molar-refractivity contribution is 0.415. The van der Waals surface area contributed by atoms with Crippen LogP contribution in [0.25, 0.3) is 0 Å². The summed E-state index contributed by atoms with van der Waals surface area (Å²) in [6, 6.07) is 12.9. The number of rotatable bonds is 5. The largest absolute Gasteiger partial charge is 0.497 e. The molecule has 1 aliphatic heterocycles. The third-order valence-electron chi connectivity index (χ3n) is 5.06. The van der Waals surface area contributed by atoms with Gasteiger partial charge in [0.05, 0.1) is 22.8 Å². The van der Waals surface area contributed by atoms with Crippen molar-refractivity contribution >= 4 is 50.4 Å². The molecule has 1 aliphatic rings. The van der Waals surface area contributed by atoms with E-state index in [0.717, 1.165) is 5.69 Å². The average Bonchev–Trinajstić information content (AvgIpc) is 3.08. The topological polar surface area (TPSA) is 85.6 Å². The third kappa shape index (κ3) is 4.15. The highest BCUT2D eigenvalue weighted by Gasteiger charge is 2.42. The van der Waals surface area contributed by atoms with Crippen molar-refractivity contribution in [3.8, 4) is 5.75 Å². The van der Waals surface area contributed by atoms with Gasteiger partial charge >= 0.3 is 0 Å². The van der Waals surface area contributed by atoms with Crippen LogP contribution in [0, 0.1) is 6.92 Å². The number of aryl methyl sites for hydroxylation is 1. The molecule has 3 aromatic rings. The molecule has 7 nitrogen and oxygen atoms in total. The molecule has 31 heavy (non-hydrogen) atoms. The van der Waals surface area contributed by atoms with Crippen molar-refractivity contribution in [2.24, 2.45) is 4.99 Å². The lowest BCUT2D eigenvalue weighted by Crippen LogP contribution is -2.43. The van der Waals surface area contributed by atoms with Gasteiger partial charge in [0, 0.05) is 17.5 Å². The van der Waals surface area contributed by atoms with Crippen LogP contribution in [0.3, 0.4) is 0 Å². The van der Waals surface area contributed by atoms with E-state index in [4.69, 9.17) is 27.9 Å². The second kappa shape index (κ2) is 8.18. The first-order valence-electron chi connectivity index (χ1n) is 9.41. The standard InChI is InChI=1S/C21H20Cl2N4O3S/c1-12-10-19-24-13(2)21(31(28,29)26-15-5-7-16(30-3)8-6-15)20(27(19)25-12)14-4-9-17(22)18(23)11-14/h4-11,20-21,26H,1-3H3. The van der Waals surface area contributed by atoms with E-state index in [0.29, 0.717) is 38.6 Å². The fourth-order valence-corrected chi connectivity index (χ4v) is 5.70. The van der Waals surface area contributed by atoms with Crippen molar-refractivity contribution in [3.05, 3.63) is 69.8 Å². The first-order chi connectivity index (χ1) is 14.7. The molecule has 0 amide bonds. The predicted octanol–water partition coefficient (Wildman–Crippen LogP) is 5.01. The molecular weight excluding hydrogens is 459 g/mol. The summed E-state index contributed by atoms with van der Waals surface area (Å²) in [6.45, 7) is 3.54. The van der Waals surface area contributed by atoms with Crippen LogP contribution in [0.15, 0.2) is 53.5 Å². The zero-order chi connectivity index (χ0) is 22.3. The molecule has 1 aromatic heterocycles. The molecule has 2 aromatic carbocycles. The Kier molecular flexibility index (Phi) is 5.72. The summed E-state index contributed by atoms with van der Waals surface area (Å²) < 4.78 is 36.5. The highest BCUT2D eigenvalue weighted by atomic mass is 35.5. The maximum absolute atomic E-state index is 13.5. The Morgan fingerprint density at radius 1 is 1.03 bits per heavy atom. The molecule has 2 atom stereocenters. The zero-order valence-corrected chi connectivity index (χ0v) is 19.3. The first kappa shape index (κ1) is 21.7. The minimum absolute atomic E-state index is 0.337. The van der Waals surface area contributed by atoms with E-state index >= 15 is 0 Å². The quantitative estimate of drug-likeness (QED) is 0.557. The normalized spacial score (nSPS) is 18.3. The lowest BCUT2D eigenvalue weighted by Gasteiger charge is -2.32. The molecule has 0 aliphatic carbocycles. The van der Waals surface area contributed by atoms with Gasteiger partial charge in [-0.25, -0.2) is 18.1 Å². The Labute approximate surface area is 190 Å². The van der Waals surface area contributed by atoms with Gasteiger partial charge in [0.1, 0.15) is 17.0 Å². The molecule has 0 spiro atoms. The fraction of sp³-hybridized carbons (Fsp3) is 0.238. The molecule has 4 rings (SSSR count). The molecule has 1 N–H and O–H groups in total. The number of benzene rings is 2. The van der Waals surface area contributed by atoms with Gasteiger partial charge in [-0.2, -0.15) is 5.10 Å². The zero-order valence-electron chi connectivity index (χ0n) is 17.0. The Balaban J connectivity index is 1.81. The van der Waals surface area contributed by atoms with Crippen molar-refractivity contribution in [2.75, 3.05) is 11.8 Å². The van der Waals surface area contributed by atoms with Gasteiger partial charge in [-0.1, -0.05) is 29.3 Å². The SMILES string of the molecule is COc1ccc(NS(=O)(=O)C2C(C)=Nc3cc(C)nn3C2c2ccc(Cl)c(Cl)c2)cc1. The monoisotopic (exact) mass is 478 g/mol.